The van der Waals surface area contributed by atoms with E-state index in [1.807, 2.05) is 29.5 Å². The third-order valence-corrected chi connectivity index (χ3v) is 11.4. The van der Waals surface area contributed by atoms with Gasteiger partial charge in [-0.05, 0) is 99.1 Å². The van der Waals surface area contributed by atoms with E-state index in [0.29, 0.717) is 5.82 Å². The van der Waals surface area contributed by atoms with Crippen molar-refractivity contribution in [3.8, 4) is 78.4 Å². The highest BCUT2D eigenvalue weighted by atomic mass is 32.1. The Morgan fingerprint density at radius 1 is 0.255 bits per heavy atom. The van der Waals surface area contributed by atoms with Gasteiger partial charge in [0.1, 0.15) is 0 Å². The van der Waals surface area contributed by atoms with Crippen LogP contribution >= 0.6 is 11.3 Å². The minimum Gasteiger partial charge on any atom is -0.228 e. The van der Waals surface area contributed by atoms with E-state index < -0.39 is 0 Å². The molecule has 10 rings (SSSR count). The lowest BCUT2D eigenvalue weighted by molar-refractivity contribution is 1.18. The molecule has 0 aliphatic carbocycles. The molecule has 2 aromatic heterocycles. The second-order valence-electron chi connectivity index (χ2n) is 13.8. The third kappa shape index (κ3) is 6.52. The van der Waals surface area contributed by atoms with Crippen LogP contribution in [-0.4, -0.2) is 9.97 Å². The fourth-order valence-electron chi connectivity index (χ4n) is 7.47. The van der Waals surface area contributed by atoms with Crippen molar-refractivity contribution in [3.63, 3.8) is 0 Å². The molecule has 55 heavy (non-hydrogen) atoms. The Balaban J connectivity index is 1.18. The van der Waals surface area contributed by atoms with Crippen LogP contribution in [0.2, 0.25) is 0 Å². The van der Waals surface area contributed by atoms with Crippen LogP contribution in [0.25, 0.3) is 98.6 Å². The molecule has 8 aromatic carbocycles. The minimum absolute atomic E-state index is 0.697. The second kappa shape index (κ2) is 14.1. The van der Waals surface area contributed by atoms with Gasteiger partial charge in [-0.15, -0.1) is 11.3 Å². The van der Waals surface area contributed by atoms with Gasteiger partial charge in [-0.2, -0.15) is 0 Å². The minimum atomic E-state index is 0.697. The average Bonchev–Trinajstić information content (AvgIpc) is 3.65. The van der Waals surface area contributed by atoms with Crippen molar-refractivity contribution in [3.05, 3.63) is 206 Å². The number of aromatic nitrogens is 2. The SMILES string of the molecule is c1ccc(-c2cccc(-c3cc(-c4ccc5sc6ccccc6c5c4)cc(-c4cc(-c5cccc(-c6ccccc6)c5)nc(-c5ccccc5)n4)c3)c2)cc1. The van der Waals surface area contributed by atoms with Gasteiger partial charge in [-0.3, -0.25) is 0 Å². The molecule has 0 aliphatic heterocycles. The van der Waals surface area contributed by atoms with E-state index in [2.05, 4.69) is 188 Å². The maximum Gasteiger partial charge on any atom is 0.160 e. The molecular weight excluding hydrogens is 685 g/mol. The summed E-state index contributed by atoms with van der Waals surface area (Å²) in [6, 6.07) is 73.5. The van der Waals surface area contributed by atoms with Gasteiger partial charge in [-0.1, -0.05) is 152 Å². The fourth-order valence-corrected chi connectivity index (χ4v) is 8.56. The molecule has 0 fully saturated rings. The first kappa shape index (κ1) is 32.7. The number of hydrogen-bond donors (Lipinski definition) is 0. The molecule has 0 radical (unpaired) electrons. The first-order valence-electron chi connectivity index (χ1n) is 18.6. The molecule has 0 unspecified atom stereocenters. The second-order valence-corrected chi connectivity index (χ2v) is 14.9. The molecule has 2 heterocycles. The number of hydrogen-bond acceptors (Lipinski definition) is 3. The highest BCUT2D eigenvalue weighted by Gasteiger charge is 2.15. The average molecular weight is 719 g/mol. The largest absolute Gasteiger partial charge is 0.228 e. The molecule has 0 bridgehead atoms. The van der Waals surface area contributed by atoms with Crippen LogP contribution in [0, 0.1) is 0 Å². The van der Waals surface area contributed by atoms with Crippen LogP contribution in [0.1, 0.15) is 0 Å². The number of fused-ring (bicyclic) bond motifs is 3. The van der Waals surface area contributed by atoms with Gasteiger partial charge in [0.05, 0.1) is 11.4 Å². The topological polar surface area (TPSA) is 25.8 Å². The quantitative estimate of drug-likeness (QED) is 0.164. The summed E-state index contributed by atoms with van der Waals surface area (Å²) in [5.41, 5.74) is 14.1. The lowest BCUT2D eigenvalue weighted by Crippen LogP contribution is -1.97. The molecule has 0 N–H and O–H groups in total. The molecule has 0 saturated carbocycles. The van der Waals surface area contributed by atoms with Gasteiger partial charge in [0.25, 0.3) is 0 Å². The fraction of sp³-hybridized carbons (Fsp3) is 0. The molecule has 0 aliphatic rings. The summed E-state index contributed by atoms with van der Waals surface area (Å²) in [7, 11) is 0. The van der Waals surface area contributed by atoms with E-state index >= 15 is 0 Å². The van der Waals surface area contributed by atoms with Crippen LogP contribution in [-0.2, 0) is 0 Å². The van der Waals surface area contributed by atoms with Gasteiger partial charge in [0.2, 0.25) is 0 Å². The van der Waals surface area contributed by atoms with Crippen molar-refractivity contribution < 1.29 is 0 Å². The summed E-state index contributed by atoms with van der Waals surface area (Å²) in [5, 5.41) is 2.58. The van der Waals surface area contributed by atoms with Gasteiger partial charge >= 0.3 is 0 Å². The van der Waals surface area contributed by atoms with Gasteiger partial charge < -0.3 is 0 Å². The Kier molecular flexibility index (Phi) is 8.40. The Morgan fingerprint density at radius 3 is 1.35 bits per heavy atom. The maximum atomic E-state index is 5.29. The number of benzene rings is 8. The predicted octanol–water partition coefficient (Wildman–Crippen LogP) is 14.5. The van der Waals surface area contributed by atoms with Gasteiger partial charge in [-0.25, -0.2) is 9.97 Å². The molecule has 258 valence electrons. The summed E-state index contributed by atoms with van der Waals surface area (Å²) >= 11 is 1.85. The molecular formula is C52H34N2S. The van der Waals surface area contributed by atoms with E-state index in [0.717, 1.165) is 50.3 Å². The van der Waals surface area contributed by atoms with E-state index in [9.17, 15) is 0 Å². The predicted molar refractivity (Wildman–Crippen MR) is 233 cm³/mol. The van der Waals surface area contributed by atoms with Gasteiger partial charge in [0, 0.05) is 36.9 Å². The van der Waals surface area contributed by atoms with Crippen molar-refractivity contribution in [1.82, 2.24) is 9.97 Å². The zero-order valence-electron chi connectivity index (χ0n) is 29.9. The first-order chi connectivity index (χ1) is 27.2. The van der Waals surface area contributed by atoms with Crippen LogP contribution < -0.4 is 0 Å². The van der Waals surface area contributed by atoms with Crippen molar-refractivity contribution in [2.24, 2.45) is 0 Å². The van der Waals surface area contributed by atoms with E-state index in [1.54, 1.807) is 0 Å². The lowest BCUT2D eigenvalue weighted by Gasteiger charge is -2.14. The highest BCUT2D eigenvalue weighted by molar-refractivity contribution is 7.25. The van der Waals surface area contributed by atoms with Crippen LogP contribution in [0.3, 0.4) is 0 Å². The van der Waals surface area contributed by atoms with Crippen molar-refractivity contribution >= 4 is 31.5 Å². The molecule has 0 saturated heterocycles. The molecule has 3 heteroatoms. The number of nitrogens with zero attached hydrogens (tertiary/aromatic N) is 2. The van der Waals surface area contributed by atoms with Gasteiger partial charge in [0.15, 0.2) is 5.82 Å². The summed E-state index contributed by atoms with van der Waals surface area (Å²) < 4.78 is 2.60. The van der Waals surface area contributed by atoms with Crippen LogP contribution in [0.15, 0.2) is 206 Å². The molecule has 0 atom stereocenters. The zero-order chi connectivity index (χ0) is 36.6. The lowest BCUT2D eigenvalue weighted by atomic mass is 9.92. The van der Waals surface area contributed by atoms with Crippen molar-refractivity contribution in [2.75, 3.05) is 0 Å². The zero-order valence-corrected chi connectivity index (χ0v) is 30.7. The third-order valence-electron chi connectivity index (χ3n) is 10.3. The Morgan fingerprint density at radius 2 is 0.691 bits per heavy atom. The summed E-state index contributed by atoms with van der Waals surface area (Å²) in [5.74, 6) is 0.697. The monoisotopic (exact) mass is 718 g/mol. The first-order valence-corrected chi connectivity index (χ1v) is 19.4. The van der Waals surface area contributed by atoms with E-state index in [1.165, 1.54) is 42.4 Å². The maximum absolute atomic E-state index is 5.29. The van der Waals surface area contributed by atoms with Crippen molar-refractivity contribution in [1.29, 1.82) is 0 Å². The Labute approximate surface area is 324 Å². The highest BCUT2D eigenvalue weighted by Crippen LogP contribution is 2.40. The normalized spacial score (nSPS) is 11.3. The number of rotatable bonds is 7. The molecule has 10 aromatic rings. The van der Waals surface area contributed by atoms with E-state index in [4.69, 9.17) is 9.97 Å². The smallest absolute Gasteiger partial charge is 0.160 e. The summed E-state index contributed by atoms with van der Waals surface area (Å²) in [6.07, 6.45) is 0. The van der Waals surface area contributed by atoms with E-state index in [-0.39, 0.29) is 0 Å². The van der Waals surface area contributed by atoms with Crippen molar-refractivity contribution in [2.45, 2.75) is 0 Å². The molecule has 0 amide bonds. The summed E-state index contributed by atoms with van der Waals surface area (Å²) in [6.45, 7) is 0. The Hall–Kier alpha value is -6.94. The molecule has 2 nitrogen and oxygen atoms in total. The van der Waals surface area contributed by atoms with Crippen LogP contribution in [0.4, 0.5) is 0 Å². The Bertz CT molecular complexity index is 2970. The molecule has 0 spiro atoms. The summed E-state index contributed by atoms with van der Waals surface area (Å²) in [4.78, 5) is 10.5. The standard InChI is InChI=1S/C52H34N2S/c1-4-14-35(15-5-1)38-20-12-22-40(28-38)43-30-44(41-26-27-51-47(33-41)46-24-10-11-25-50(46)55-51)32-45(31-43)49-34-48(53-52(54-49)37-18-8-3-9-19-37)42-23-13-21-39(29-42)36-16-6-2-7-17-36/h1-34H. The van der Waals surface area contributed by atoms with Crippen LogP contribution in [0.5, 0.6) is 0 Å². The number of thiophene rings is 1.